The summed E-state index contributed by atoms with van der Waals surface area (Å²) in [7, 11) is 1.81. The van der Waals surface area contributed by atoms with E-state index in [1.54, 1.807) is 19.1 Å². The lowest BCUT2D eigenvalue weighted by Crippen LogP contribution is -2.18. The van der Waals surface area contributed by atoms with Crippen LogP contribution in [0.4, 0.5) is 8.78 Å². The molecule has 2 aromatic rings. The molecule has 100 valence electrons. The second-order valence-corrected chi connectivity index (χ2v) is 4.79. The summed E-state index contributed by atoms with van der Waals surface area (Å²) in [6.45, 7) is 3.58. The number of nitrogens with one attached hydrogen (secondary N) is 1. The zero-order valence-electron chi connectivity index (χ0n) is 11.3. The molecule has 0 saturated carbocycles. The molecule has 0 aliphatic rings. The van der Waals surface area contributed by atoms with Gasteiger partial charge in [-0.1, -0.05) is 18.2 Å². The first-order valence-corrected chi connectivity index (χ1v) is 6.21. The molecule has 0 heterocycles. The third kappa shape index (κ3) is 2.99. The van der Waals surface area contributed by atoms with E-state index in [1.165, 1.54) is 18.2 Å². The fourth-order valence-corrected chi connectivity index (χ4v) is 2.30. The lowest BCUT2D eigenvalue weighted by atomic mass is 9.96. The van der Waals surface area contributed by atoms with Crippen LogP contribution in [-0.4, -0.2) is 7.05 Å². The smallest absolute Gasteiger partial charge is 0.126 e. The molecule has 0 bridgehead atoms. The Morgan fingerprint density at radius 2 is 1.68 bits per heavy atom. The molecule has 19 heavy (non-hydrogen) atoms. The van der Waals surface area contributed by atoms with Crippen LogP contribution in [0.3, 0.4) is 0 Å². The molecular weight excluding hydrogens is 244 g/mol. The van der Waals surface area contributed by atoms with Gasteiger partial charge in [0.1, 0.15) is 11.6 Å². The Morgan fingerprint density at radius 1 is 0.947 bits per heavy atom. The van der Waals surface area contributed by atoms with E-state index in [0.717, 1.165) is 16.7 Å². The van der Waals surface area contributed by atoms with E-state index in [-0.39, 0.29) is 17.7 Å². The summed E-state index contributed by atoms with van der Waals surface area (Å²) in [6.07, 6.45) is 0. The first-order chi connectivity index (χ1) is 9.01. The number of hydrogen-bond donors (Lipinski definition) is 1. The van der Waals surface area contributed by atoms with Crippen molar-refractivity contribution in [2.75, 3.05) is 7.05 Å². The van der Waals surface area contributed by atoms with Gasteiger partial charge >= 0.3 is 0 Å². The third-order valence-electron chi connectivity index (χ3n) is 3.20. The summed E-state index contributed by atoms with van der Waals surface area (Å²) < 4.78 is 26.8. The van der Waals surface area contributed by atoms with E-state index in [9.17, 15) is 8.78 Å². The first-order valence-electron chi connectivity index (χ1n) is 6.21. The molecule has 0 radical (unpaired) electrons. The maximum absolute atomic E-state index is 13.5. The van der Waals surface area contributed by atoms with Crippen LogP contribution >= 0.6 is 0 Å². The molecule has 0 amide bonds. The second-order valence-electron chi connectivity index (χ2n) is 4.79. The van der Waals surface area contributed by atoms with E-state index in [2.05, 4.69) is 5.32 Å². The molecule has 1 nitrogen and oxygen atoms in total. The van der Waals surface area contributed by atoms with Crippen LogP contribution in [0.15, 0.2) is 36.4 Å². The predicted octanol–water partition coefficient (Wildman–Crippen LogP) is 3.89. The van der Waals surface area contributed by atoms with Gasteiger partial charge < -0.3 is 5.32 Å². The van der Waals surface area contributed by atoms with Crippen LogP contribution < -0.4 is 5.32 Å². The van der Waals surface area contributed by atoms with Crippen molar-refractivity contribution in [2.45, 2.75) is 19.9 Å². The molecule has 3 heteroatoms. The van der Waals surface area contributed by atoms with Crippen molar-refractivity contribution in [3.8, 4) is 0 Å². The highest BCUT2D eigenvalue weighted by Crippen LogP contribution is 2.25. The van der Waals surface area contributed by atoms with Gasteiger partial charge in [-0.05, 0) is 61.3 Å². The molecular formula is C16H17F2N. The topological polar surface area (TPSA) is 12.0 Å². The van der Waals surface area contributed by atoms with Crippen molar-refractivity contribution >= 4 is 0 Å². The van der Waals surface area contributed by atoms with Gasteiger partial charge in [-0.15, -0.1) is 0 Å². The fourth-order valence-electron chi connectivity index (χ4n) is 2.30. The van der Waals surface area contributed by atoms with E-state index in [0.29, 0.717) is 5.56 Å². The fraction of sp³-hybridized carbons (Fsp3) is 0.250. The maximum atomic E-state index is 13.5. The second kappa shape index (κ2) is 5.49. The SMILES string of the molecule is CNC(c1cc(C)cc(F)c1)c1ccc(F)c(C)c1. The van der Waals surface area contributed by atoms with Crippen LogP contribution in [0, 0.1) is 25.5 Å². The summed E-state index contributed by atoms with van der Waals surface area (Å²) in [5.74, 6) is -0.483. The Labute approximate surface area is 112 Å². The quantitative estimate of drug-likeness (QED) is 0.883. The molecule has 1 N–H and O–H groups in total. The lowest BCUT2D eigenvalue weighted by molar-refractivity contribution is 0.608. The van der Waals surface area contributed by atoms with Crippen molar-refractivity contribution in [1.29, 1.82) is 0 Å². The van der Waals surface area contributed by atoms with Gasteiger partial charge in [0.05, 0.1) is 6.04 Å². The Bertz CT molecular complexity index is 573. The molecule has 1 atom stereocenters. The minimum atomic E-state index is -0.255. The van der Waals surface area contributed by atoms with Gasteiger partial charge in [0.2, 0.25) is 0 Å². The van der Waals surface area contributed by atoms with Crippen LogP contribution in [0.2, 0.25) is 0 Å². The highest BCUT2D eigenvalue weighted by Gasteiger charge is 2.14. The van der Waals surface area contributed by atoms with Crippen LogP contribution in [-0.2, 0) is 0 Å². The molecule has 0 aliphatic heterocycles. The lowest BCUT2D eigenvalue weighted by Gasteiger charge is -2.18. The van der Waals surface area contributed by atoms with Crippen LogP contribution in [0.25, 0.3) is 0 Å². The van der Waals surface area contributed by atoms with Crippen molar-refractivity contribution in [3.63, 3.8) is 0 Å². The number of rotatable bonds is 3. The van der Waals surface area contributed by atoms with Gasteiger partial charge in [0.15, 0.2) is 0 Å². The predicted molar refractivity (Wildman–Crippen MR) is 73.2 cm³/mol. The van der Waals surface area contributed by atoms with Gasteiger partial charge in [-0.25, -0.2) is 8.78 Å². The molecule has 2 rings (SSSR count). The standard InChI is InChI=1S/C16H17F2N/c1-10-6-13(9-14(17)7-10)16(19-3)12-4-5-15(18)11(2)8-12/h4-9,16,19H,1-3H3. The van der Waals surface area contributed by atoms with Gasteiger partial charge in [0.25, 0.3) is 0 Å². The van der Waals surface area contributed by atoms with Gasteiger partial charge in [-0.2, -0.15) is 0 Å². The maximum Gasteiger partial charge on any atom is 0.126 e. The van der Waals surface area contributed by atoms with Crippen molar-refractivity contribution in [1.82, 2.24) is 5.32 Å². The molecule has 0 aromatic heterocycles. The summed E-state index contributed by atoms with van der Waals surface area (Å²) in [6, 6.07) is 9.75. The summed E-state index contributed by atoms with van der Waals surface area (Å²) in [5.41, 5.74) is 3.22. The summed E-state index contributed by atoms with van der Waals surface area (Å²) in [5, 5.41) is 3.15. The zero-order chi connectivity index (χ0) is 14.0. The Balaban J connectivity index is 2.46. The van der Waals surface area contributed by atoms with Crippen LogP contribution in [0.5, 0.6) is 0 Å². The molecule has 0 saturated heterocycles. The van der Waals surface area contributed by atoms with E-state index in [1.807, 2.05) is 20.0 Å². The van der Waals surface area contributed by atoms with Crippen molar-refractivity contribution < 1.29 is 8.78 Å². The average molecular weight is 261 g/mol. The Hall–Kier alpha value is -1.74. The minimum Gasteiger partial charge on any atom is -0.309 e. The highest BCUT2D eigenvalue weighted by atomic mass is 19.1. The molecule has 0 spiro atoms. The van der Waals surface area contributed by atoms with Crippen LogP contribution in [0.1, 0.15) is 28.3 Å². The Kier molecular flexibility index (Phi) is 3.96. The molecule has 2 aromatic carbocycles. The summed E-state index contributed by atoms with van der Waals surface area (Å²) in [4.78, 5) is 0. The Morgan fingerprint density at radius 3 is 2.26 bits per heavy atom. The van der Waals surface area contributed by atoms with Gasteiger partial charge in [0, 0.05) is 0 Å². The molecule has 0 fully saturated rings. The van der Waals surface area contributed by atoms with E-state index < -0.39 is 0 Å². The molecule has 0 aliphatic carbocycles. The minimum absolute atomic E-state index is 0.145. The van der Waals surface area contributed by atoms with E-state index in [4.69, 9.17) is 0 Å². The van der Waals surface area contributed by atoms with Crippen molar-refractivity contribution in [2.24, 2.45) is 0 Å². The van der Waals surface area contributed by atoms with Crippen molar-refractivity contribution in [3.05, 3.63) is 70.3 Å². The summed E-state index contributed by atoms with van der Waals surface area (Å²) >= 11 is 0. The number of benzene rings is 2. The van der Waals surface area contributed by atoms with Gasteiger partial charge in [-0.3, -0.25) is 0 Å². The number of aryl methyl sites for hydroxylation is 2. The van der Waals surface area contributed by atoms with E-state index >= 15 is 0 Å². The first kappa shape index (κ1) is 13.7. The third-order valence-corrected chi connectivity index (χ3v) is 3.20. The number of halogens is 2. The average Bonchev–Trinajstić information content (AvgIpc) is 2.33. The normalized spacial score (nSPS) is 12.5. The largest absolute Gasteiger partial charge is 0.309 e. The number of hydrogen-bond acceptors (Lipinski definition) is 1. The zero-order valence-corrected chi connectivity index (χ0v) is 11.3. The monoisotopic (exact) mass is 261 g/mol. The highest BCUT2D eigenvalue weighted by molar-refractivity contribution is 5.36. The molecule has 1 unspecified atom stereocenters.